The number of benzene rings is 1. The minimum Gasteiger partial charge on any atom is -0.487 e. The first kappa shape index (κ1) is 33.4. The maximum atomic E-state index is 9.62. The summed E-state index contributed by atoms with van der Waals surface area (Å²) in [6, 6.07) is 9.61. The van der Waals surface area contributed by atoms with E-state index in [9.17, 15) is 10.4 Å². The molecule has 6 rings (SSSR count). The molecule has 2 aromatic heterocycles. The van der Waals surface area contributed by atoms with Crippen molar-refractivity contribution < 1.29 is 19.3 Å². The molecule has 4 heterocycles. The topological polar surface area (TPSA) is 193 Å². The molecule has 256 valence electrons. The van der Waals surface area contributed by atoms with E-state index in [-0.39, 0.29) is 18.8 Å². The molecule has 1 saturated carbocycles. The highest BCUT2D eigenvalue weighted by Gasteiger charge is 2.42. The first-order chi connectivity index (χ1) is 23.6. The number of rotatable bonds is 15. The van der Waals surface area contributed by atoms with E-state index in [0.29, 0.717) is 66.5 Å². The Bertz CT molecular complexity index is 1540. The van der Waals surface area contributed by atoms with Crippen LogP contribution in [0.25, 0.3) is 11.1 Å². The molecular formula is C33H45N11O4. The summed E-state index contributed by atoms with van der Waals surface area (Å²) in [6.07, 6.45) is 14.0. The number of aliphatic hydroxyl groups is 1. The third-order valence-electron chi connectivity index (χ3n) is 9.30. The van der Waals surface area contributed by atoms with Crippen LogP contribution in [-0.2, 0) is 4.74 Å². The number of nitrogens with two attached hydrogens (primary N) is 1. The lowest BCUT2D eigenvalue weighted by Crippen LogP contribution is -2.52. The number of hydrazone groups is 1. The Morgan fingerprint density at radius 3 is 2.54 bits per heavy atom. The molecule has 48 heavy (non-hydrogen) atoms. The molecule has 15 heteroatoms. The number of hydrogen-bond donors (Lipinski definition) is 5. The first-order valence-electron chi connectivity index (χ1n) is 16.7. The highest BCUT2D eigenvalue weighted by molar-refractivity contribution is 5.67. The third-order valence-corrected chi connectivity index (χ3v) is 9.30. The number of aromatic nitrogens is 4. The number of aliphatic hydroxyl groups excluding tert-OH is 1. The largest absolute Gasteiger partial charge is 0.487 e. The fourth-order valence-electron chi connectivity index (χ4n) is 6.98. The SMILES string of the molecule is C[C@@H](CN/C=N\NN)Oc1cc(-c2cnc(Nc3cn([C@H]4CC[C@H](N5[C@@H]6CC[C@H]5COC6)CC4)nc3OCCCO)nc2)ccc1C#N. The van der Waals surface area contributed by atoms with Gasteiger partial charge in [0.25, 0.3) is 5.88 Å². The molecule has 15 nitrogen and oxygen atoms in total. The zero-order valence-corrected chi connectivity index (χ0v) is 27.3. The fraction of sp³-hybridized carbons (Fsp3) is 0.545. The predicted molar refractivity (Wildman–Crippen MR) is 180 cm³/mol. The van der Waals surface area contributed by atoms with Crippen LogP contribution in [0, 0.1) is 11.3 Å². The predicted octanol–water partition coefficient (Wildman–Crippen LogP) is 2.83. The second-order valence-corrected chi connectivity index (χ2v) is 12.6. The number of hydrogen-bond acceptors (Lipinski definition) is 13. The van der Waals surface area contributed by atoms with Crippen molar-refractivity contribution in [3.63, 3.8) is 0 Å². The molecule has 2 saturated heterocycles. The van der Waals surface area contributed by atoms with Gasteiger partial charge in [-0.2, -0.15) is 10.4 Å². The summed E-state index contributed by atoms with van der Waals surface area (Å²) in [5, 5.41) is 33.7. The summed E-state index contributed by atoms with van der Waals surface area (Å²) in [6.45, 7) is 4.48. The zero-order chi connectivity index (χ0) is 33.3. The smallest absolute Gasteiger partial charge is 0.256 e. The van der Waals surface area contributed by atoms with Gasteiger partial charge in [-0.25, -0.2) is 21.3 Å². The van der Waals surface area contributed by atoms with E-state index in [4.69, 9.17) is 25.2 Å². The Balaban J connectivity index is 1.11. The van der Waals surface area contributed by atoms with Gasteiger partial charge in [0.1, 0.15) is 29.9 Å². The van der Waals surface area contributed by atoms with Crippen LogP contribution >= 0.6 is 0 Å². The average molecular weight is 660 g/mol. The van der Waals surface area contributed by atoms with Gasteiger partial charge in [0, 0.05) is 49.1 Å². The molecule has 3 aliphatic rings. The minimum atomic E-state index is -0.246. The van der Waals surface area contributed by atoms with Crippen LogP contribution in [0.4, 0.5) is 11.6 Å². The van der Waals surface area contributed by atoms with E-state index in [2.05, 4.69) is 42.2 Å². The summed E-state index contributed by atoms with van der Waals surface area (Å²) in [7, 11) is 0. The molecular weight excluding hydrogens is 614 g/mol. The normalized spacial score (nSPS) is 23.0. The number of nitrogens with one attached hydrogen (secondary N) is 3. The second kappa shape index (κ2) is 16.1. The summed E-state index contributed by atoms with van der Waals surface area (Å²) >= 11 is 0. The second-order valence-electron chi connectivity index (χ2n) is 12.6. The van der Waals surface area contributed by atoms with Gasteiger partial charge in [0.05, 0.1) is 44.2 Å². The van der Waals surface area contributed by atoms with Gasteiger partial charge in [-0.15, -0.1) is 5.10 Å². The van der Waals surface area contributed by atoms with Gasteiger partial charge in [-0.1, -0.05) is 6.07 Å². The Kier molecular flexibility index (Phi) is 11.2. The molecule has 2 aliphatic heterocycles. The summed E-state index contributed by atoms with van der Waals surface area (Å²) in [5.41, 5.74) is 4.86. The van der Waals surface area contributed by atoms with E-state index < -0.39 is 0 Å². The summed E-state index contributed by atoms with van der Waals surface area (Å²) in [5.74, 6) is 6.45. The molecule has 3 fully saturated rings. The molecule has 3 atom stereocenters. The van der Waals surface area contributed by atoms with Crippen molar-refractivity contribution >= 4 is 18.0 Å². The number of hydrazine groups is 1. The van der Waals surface area contributed by atoms with Crippen LogP contribution in [0.3, 0.4) is 0 Å². The lowest BCUT2D eigenvalue weighted by Gasteiger charge is -2.43. The molecule has 0 unspecified atom stereocenters. The maximum absolute atomic E-state index is 9.62. The number of fused-ring (bicyclic) bond motifs is 2. The van der Waals surface area contributed by atoms with Gasteiger partial charge in [-0.05, 0) is 63.1 Å². The van der Waals surface area contributed by atoms with Crippen molar-refractivity contribution in [3.8, 4) is 28.8 Å². The lowest BCUT2D eigenvalue weighted by atomic mass is 9.89. The number of nitriles is 1. The average Bonchev–Trinajstić information content (AvgIpc) is 3.62. The zero-order valence-electron chi connectivity index (χ0n) is 27.3. The first-order valence-corrected chi connectivity index (χ1v) is 16.7. The van der Waals surface area contributed by atoms with Crippen LogP contribution in [0.5, 0.6) is 11.6 Å². The monoisotopic (exact) mass is 659 g/mol. The van der Waals surface area contributed by atoms with Gasteiger partial charge >= 0.3 is 0 Å². The van der Waals surface area contributed by atoms with Crippen molar-refractivity contribution in [2.45, 2.75) is 82.1 Å². The molecule has 2 bridgehead atoms. The van der Waals surface area contributed by atoms with E-state index >= 15 is 0 Å². The van der Waals surface area contributed by atoms with Crippen LogP contribution in [-0.4, -0.2) is 93.3 Å². The van der Waals surface area contributed by atoms with Crippen molar-refractivity contribution in [1.29, 1.82) is 5.26 Å². The van der Waals surface area contributed by atoms with Crippen molar-refractivity contribution in [2.24, 2.45) is 10.9 Å². The van der Waals surface area contributed by atoms with E-state index in [1.165, 1.54) is 19.2 Å². The molecule has 0 spiro atoms. The Morgan fingerprint density at radius 2 is 1.83 bits per heavy atom. The van der Waals surface area contributed by atoms with E-state index in [1.807, 2.05) is 29.9 Å². The standard InChI is InChI=1S/C33H45N11O4/c1-22(15-36-21-39-42-35)48-31-13-23(3-4-24(31)14-34)25-16-37-33(38-17-25)40-30-18-43(41-32(30)47-12-2-11-45)26-5-7-27(8-6-26)44-28-9-10-29(44)20-46-19-28/h3-4,13,16-18,21-22,26-29,42,45H,2,5-12,15,19-20,35H2,1H3,(H,36,39)(H,37,38,40)/t22-,26-,27-,28-,29+/m0/s1. The van der Waals surface area contributed by atoms with Crippen LogP contribution in [0.2, 0.25) is 0 Å². The van der Waals surface area contributed by atoms with Gasteiger partial charge in [-0.3, -0.25) is 9.58 Å². The Labute approximate surface area is 280 Å². The minimum absolute atomic E-state index is 0.0425. The van der Waals surface area contributed by atoms with Crippen LogP contribution in [0.15, 0.2) is 41.9 Å². The van der Waals surface area contributed by atoms with Crippen molar-refractivity contribution in [3.05, 3.63) is 42.4 Å². The fourth-order valence-corrected chi connectivity index (χ4v) is 6.98. The summed E-state index contributed by atoms with van der Waals surface area (Å²) in [4.78, 5) is 11.9. The molecule has 0 amide bonds. The van der Waals surface area contributed by atoms with E-state index in [0.717, 1.165) is 50.0 Å². The van der Waals surface area contributed by atoms with Crippen LogP contribution < -0.4 is 31.5 Å². The Morgan fingerprint density at radius 1 is 1.10 bits per heavy atom. The number of ether oxygens (including phenoxy) is 3. The highest BCUT2D eigenvalue weighted by atomic mass is 16.5. The molecule has 1 aliphatic carbocycles. The van der Waals surface area contributed by atoms with Gasteiger partial charge < -0.3 is 30.0 Å². The lowest BCUT2D eigenvalue weighted by molar-refractivity contribution is -0.0458. The number of morpholine rings is 1. The van der Waals surface area contributed by atoms with Gasteiger partial charge in [0.15, 0.2) is 0 Å². The number of anilines is 2. The third kappa shape index (κ3) is 7.96. The number of nitrogens with zero attached hydrogens (tertiary/aromatic N) is 7. The van der Waals surface area contributed by atoms with Crippen LogP contribution in [0.1, 0.15) is 63.5 Å². The van der Waals surface area contributed by atoms with E-state index in [1.54, 1.807) is 18.5 Å². The highest BCUT2D eigenvalue weighted by Crippen LogP contribution is 2.39. The Hall–Kier alpha value is -4.49. The van der Waals surface area contributed by atoms with Crippen molar-refractivity contribution in [2.75, 3.05) is 38.3 Å². The van der Waals surface area contributed by atoms with Crippen molar-refractivity contribution in [1.82, 2.24) is 35.5 Å². The molecule has 0 radical (unpaired) electrons. The molecule has 3 aromatic rings. The summed E-state index contributed by atoms with van der Waals surface area (Å²) < 4.78 is 19.9. The molecule has 1 aromatic carbocycles. The molecule has 6 N–H and O–H groups in total. The maximum Gasteiger partial charge on any atom is 0.256 e. The quantitative estimate of drug-likeness (QED) is 0.0526. The van der Waals surface area contributed by atoms with Gasteiger partial charge in [0.2, 0.25) is 5.95 Å².